The molecule has 1 aromatic carbocycles. The van der Waals surface area contributed by atoms with E-state index < -0.39 is 11.7 Å². The number of benzene rings is 1. The van der Waals surface area contributed by atoms with E-state index in [1.807, 2.05) is 0 Å². The first kappa shape index (κ1) is 11.1. The van der Waals surface area contributed by atoms with Gasteiger partial charge in [-0.05, 0) is 18.2 Å². The molecule has 88 valence electrons. The van der Waals surface area contributed by atoms with Gasteiger partial charge in [0.25, 0.3) is 5.91 Å². The number of amides is 1. The monoisotopic (exact) mass is 235 g/mol. The molecule has 0 aliphatic heterocycles. The Bertz CT molecular complexity index is 525. The number of rotatable bonds is 3. The minimum atomic E-state index is -0.614. The third kappa shape index (κ3) is 2.57. The summed E-state index contributed by atoms with van der Waals surface area (Å²) in [7, 11) is 0. The molecule has 4 N–H and O–H groups in total. The SMILES string of the molecule is Nc1ccc(C(=O)NCc2ncn[nH]2)cc1F. The number of H-pyrrole nitrogens is 1. The largest absolute Gasteiger partial charge is 0.396 e. The van der Waals surface area contributed by atoms with Crippen LogP contribution in [-0.2, 0) is 6.54 Å². The molecule has 0 fully saturated rings. The molecule has 0 aliphatic carbocycles. The van der Waals surface area contributed by atoms with E-state index in [9.17, 15) is 9.18 Å². The molecule has 0 saturated heterocycles. The summed E-state index contributed by atoms with van der Waals surface area (Å²) < 4.78 is 13.1. The Morgan fingerprint density at radius 2 is 2.35 bits per heavy atom. The molecule has 1 aromatic heterocycles. The lowest BCUT2D eigenvalue weighted by atomic mass is 10.2. The Labute approximate surface area is 96.1 Å². The highest BCUT2D eigenvalue weighted by Gasteiger charge is 2.08. The number of halogens is 1. The second kappa shape index (κ2) is 4.60. The Balaban J connectivity index is 2.02. The molecule has 0 aliphatic rings. The van der Waals surface area contributed by atoms with E-state index in [1.165, 1.54) is 18.5 Å². The molecule has 0 radical (unpaired) electrons. The van der Waals surface area contributed by atoms with E-state index >= 15 is 0 Å². The number of nitrogen functional groups attached to an aromatic ring is 1. The lowest BCUT2D eigenvalue weighted by molar-refractivity contribution is 0.0949. The van der Waals surface area contributed by atoms with Crippen LogP contribution in [0.5, 0.6) is 0 Å². The van der Waals surface area contributed by atoms with Crippen LogP contribution < -0.4 is 11.1 Å². The topological polar surface area (TPSA) is 96.7 Å². The fourth-order valence-corrected chi connectivity index (χ4v) is 1.25. The van der Waals surface area contributed by atoms with Gasteiger partial charge in [-0.3, -0.25) is 9.89 Å². The zero-order valence-corrected chi connectivity index (χ0v) is 8.77. The van der Waals surface area contributed by atoms with E-state index in [0.29, 0.717) is 5.82 Å². The maximum Gasteiger partial charge on any atom is 0.251 e. The van der Waals surface area contributed by atoms with Crippen molar-refractivity contribution in [3.05, 3.63) is 41.7 Å². The van der Waals surface area contributed by atoms with Gasteiger partial charge in [0.05, 0.1) is 12.2 Å². The molecule has 0 bridgehead atoms. The molecule has 1 heterocycles. The highest BCUT2D eigenvalue weighted by Crippen LogP contribution is 2.11. The van der Waals surface area contributed by atoms with Crippen molar-refractivity contribution >= 4 is 11.6 Å². The number of aromatic nitrogens is 3. The van der Waals surface area contributed by atoms with Gasteiger partial charge in [0.15, 0.2) is 0 Å². The molecule has 0 atom stereocenters. The Kier molecular flexibility index (Phi) is 2.99. The van der Waals surface area contributed by atoms with Gasteiger partial charge in [-0.25, -0.2) is 9.37 Å². The molecular weight excluding hydrogens is 225 g/mol. The van der Waals surface area contributed by atoms with E-state index in [2.05, 4.69) is 20.5 Å². The first-order valence-corrected chi connectivity index (χ1v) is 4.84. The molecule has 2 rings (SSSR count). The molecule has 2 aromatic rings. The summed E-state index contributed by atoms with van der Waals surface area (Å²) in [5, 5.41) is 8.80. The Morgan fingerprint density at radius 1 is 1.53 bits per heavy atom. The zero-order chi connectivity index (χ0) is 12.3. The third-order valence-corrected chi connectivity index (χ3v) is 2.14. The number of nitrogens with zero attached hydrogens (tertiary/aromatic N) is 2. The summed E-state index contributed by atoms with van der Waals surface area (Å²) in [6, 6.07) is 3.89. The molecule has 0 spiro atoms. The Morgan fingerprint density at radius 3 is 3.00 bits per heavy atom. The van der Waals surface area contributed by atoms with Crippen LogP contribution in [0.3, 0.4) is 0 Å². The van der Waals surface area contributed by atoms with Crippen LogP contribution in [-0.4, -0.2) is 21.1 Å². The Hall–Kier alpha value is -2.44. The fourth-order valence-electron chi connectivity index (χ4n) is 1.25. The minimum absolute atomic E-state index is 0.0109. The predicted octanol–water partition coefficient (Wildman–Crippen LogP) is 0.456. The maximum atomic E-state index is 13.1. The summed E-state index contributed by atoms with van der Waals surface area (Å²) >= 11 is 0. The molecule has 6 nitrogen and oxygen atoms in total. The van der Waals surface area contributed by atoms with Crippen LogP contribution >= 0.6 is 0 Å². The van der Waals surface area contributed by atoms with Crippen molar-refractivity contribution < 1.29 is 9.18 Å². The first-order valence-electron chi connectivity index (χ1n) is 4.84. The number of anilines is 1. The molecule has 1 amide bonds. The second-order valence-electron chi connectivity index (χ2n) is 3.35. The average molecular weight is 235 g/mol. The summed E-state index contributed by atoms with van der Waals surface area (Å²) in [5.41, 5.74) is 5.53. The predicted molar refractivity (Wildman–Crippen MR) is 58.4 cm³/mol. The van der Waals surface area contributed by atoms with Gasteiger partial charge in [-0.2, -0.15) is 5.10 Å². The average Bonchev–Trinajstić information content (AvgIpc) is 2.82. The zero-order valence-electron chi connectivity index (χ0n) is 8.77. The van der Waals surface area contributed by atoms with Crippen LogP contribution in [0.25, 0.3) is 0 Å². The lowest BCUT2D eigenvalue weighted by Crippen LogP contribution is -2.23. The highest BCUT2D eigenvalue weighted by atomic mass is 19.1. The fraction of sp³-hybridized carbons (Fsp3) is 0.100. The highest BCUT2D eigenvalue weighted by molar-refractivity contribution is 5.94. The van der Waals surface area contributed by atoms with Crippen molar-refractivity contribution in [3.63, 3.8) is 0 Å². The van der Waals surface area contributed by atoms with Crippen molar-refractivity contribution in [1.82, 2.24) is 20.5 Å². The number of hydrogen-bond acceptors (Lipinski definition) is 4. The standard InChI is InChI=1S/C10H10FN5O/c11-7-3-6(1-2-8(7)12)10(17)13-4-9-14-5-15-16-9/h1-3,5H,4,12H2,(H,13,17)(H,14,15,16). The molecular formula is C10H10FN5O. The maximum absolute atomic E-state index is 13.1. The number of aromatic amines is 1. The van der Waals surface area contributed by atoms with Crippen molar-refractivity contribution in [2.24, 2.45) is 0 Å². The molecule has 0 saturated carbocycles. The van der Waals surface area contributed by atoms with Gasteiger partial charge >= 0.3 is 0 Å². The van der Waals surface area contributed by atoms with E-state index in [4.69, 9.17) is 5.73 Å². The normalized spacial score (nSPS) is 10.2. The van der Waals surface area contributed by atoms with E-state index in [1.54, 1.807) is 0 Å². The summed E-state index contributed by atoms with van der Waals surface area (Å²) in [4.78, 5) is 15.5. The van der Waals surface area contributed by atoms with Crippen molar-refractivity contribution in [1.29, 1.82) is 0 Å². The van der Waals surface area contributed by atoms with Gasteiger partial charge in [0.1, 0.15) is 18.0 Å². The van der Waals surface area contributed by atoms with Gasteiger partial charge in [0.2, 0.25) is 0 Å². The van der Waals surface area contributed by atoms with Crippen LogP contribution in [0.4, 0.5) is 10.1 Å². The third-order valence-electron chi connectivity index (χ3n) is 2.14. The lowest BCUT2D eigenvalue weighted by Gasteiger charge is -2.04. The number of nitrogens with two attached hydrogens (primary N) is 1. The quantitative estimate of drug-likeness (QED) is 0.673. The van der Waals surface area contributed by atoms with Crippen molar-refractivity contribution in [2.45, 2.75) is 6.54 Å². The van der Waals surface area contributed by atoms with Gasteiger partial charge in [0, 0.05) is 5.56 Å². The summed E-state index contributed by atoms with van der Waals surface area (Å²) in [5.74, 6) is -0.494. The van der Waals surface area contributed by atoms with E-state index in [0.717, 1.165) is 6.07 Å². The number of carbonyl (C=O) groups is 1. The molecule has 17 heavy (non-hydrogen) atoms. The summed E-state index contributed by atoms with van der Waals surface area (Å²) in [6.45, 7) is 0.199. The van der Waals surface area contributed by atoms with Gasteiger partial charge in [-0.1, -0.05) is 0 Å². The van der Waals surface area contributed by atoms with Crippen LogP contribution in [0.1, 0.15) is 16.2 Å². The number of carbonyl (C=O) groups excluding carboxylic acids is 1. The minimum Gasteiger partial charge on any atom is -0.396 e. The van der Waals surface area contributed by atoms with Crippen molar-refractivity contribution in [2.75, 3.05) is 5.73 Å². The molecule has 7 heteroatoms. The van der Waals surface area contributed by atoms with E-state index in [-0.39, 0.29) is 17.8 Å². The van der Waals surface area contributed by atoms with Crippen LogP contribution in [0, 0.1) is 5.82 Å². The first-order chi connectivity index (χ1) is 8.16. The summed E-state index contributed by atoms with van der Waals surface area (Å²) in [6.07, 6.45) is 1.34. The molecule has 0 unspecified atom stereocenters. The van der Waals surface area contributed by atoms with Crippen LogP contribution in [0.2, 0.25) is 0 Å². The smallest absolute Gasteiger partial charge is 0.251 e. The number of nitrogens with one attached hydrogen (secondary N) is 2. The second-order valence-corrected chi connectivity index (χ2v) is 3.35. The van der Waals surface area contributed by atoms with Gasteiger partial charge < -0.3 is 11.1 Å². The number of hydrogen-bond donors (Lipinski definition) is 3. The van der Waals surface area contributed by atoms with Gasteiger partial charge in [-0.15, -0.1) is 0 Å². The van der Waals surface area contributed by atoms with Crippen molar-refractivity contribution in [3.8, 4) is 0 Å². The van der Waals surface area contributed by atoms with Crippen LogP contribution in [0.15, 0.2) is 24.5 Å².